The molecule has 0 aliphatic heterocycles. The normalized spacial score (nSPS) is 10.9. The zero-order valence-corrected chi connectivity index (χ0v) is 18.9. The summed E-state index contributed by atoms with van der Waals surface area (Å²) in [4.78, 5) is 16.5. The minimum atomic E-state index is -0.119. The summed E-state index contributed by atoms with van der Waals surface area (Å²) in [5.41, 5.74) is 3.26. The molecule has 0 aliphatic carbocycles. The zero-order valence-electron chi connectivity index (χ0n) is 18.9. The van der Waals surface area contributed by atoms with E-state index in [1.165, 1.54) is 11.1 Å². The van der Waals surface area contributed by atoms with Crippen molar-refractivity contribution >= 4 is 11.7 Å². The van der Waals surface area contributed by atoms with Gasteiger partial charge in [0, 0.05) is 18.7 Å². The predicted octanol–water partition coefficient (Wildman–Crippen LogP) is 5.00. The Hall–Kier alpha value is -3.28. The number of anilines is 1. The maximum absolute atomic E-state index is 12.3. The van der Waals surface area contributed by atoms with E-state index in [0.29, 0.717) is 31.0 Å². The van der Waals surface area contributed by atoms with Crippen molar-refractivity contribution in [1.82, 2.24) is 10.3 Å². The molecule has 1 aromatic heterocycles. The highest BCUT2D eigenvalue weighted by Crippen LogP contribution is 2.13. The second kappa shape index (κ2) is 13.1. The van der Waals surface area contributed by atoms with E-state index in [4.69, 9.17) is 9.47 Å². The lowest BCUT2D eigenvalue weighted by atomic mass is 10.1. The summed E-state index contributed by atoms with van der Waals surface area (Å²) in [6, 6.07) is 10.9. The average molecular weight is 424 g/mol. The molecule has 0 saturated carbocycles. The lowest BCUT2D eigenvalue weighted by molar-refractivity contribution is 0.0955. The van der Waals surface area contributed by atoms with Crippen LogP contribution < -0.4 is 20.1 Å². The van der Waals surface area contributed by atoms with Gasteiger partial charge in [0.15, 0.2) is 0 Å². The molecule has 0 bridgehead atoms. The van der Waals surface area contributed by atoms with E-state index in [2.05, 4.69) is 48.5 Å². The van der Waals surface area contributed by atoms with Crippen molar-refractivity contribution in [1.29, 1.82) is 0 Å². The molecule has 0 unspecified atom stereocenters. The largest absolute Gasteiger partial charge is 0.495 e. The molecule has 1 amide bonds. The average Bonchev–Trinajstić information content (AvgIpc) is 2.77. The Labute approximate surface area is 185 Å². The summed E-state index contributed by atoms with van der Waals surface area (Å²) in [6.07, 6.45) is 8.09. The highest BCUT2D eigenvalue weighted by molar-refractivity contribution is 5.94. The SMILES string of the molecule is COc1ccc(NCCNC(=O)c2ccc(OCC=C(C)CCC=C(C)C)cc2)nc1. The number of nitrogens with zero attached hydrogens (tertiary/aromatic N) is 1. The molecule has 166 valence electrons. The molecule has 2 rings (SSSR count). The third kappa shape index (κ3) is 9.38. The number of carbonyl (C=O) groups is 1. The van der Waals surface area contributed by atoms with E-state index in [1.54, 1.807) is 25.4 Å². The van der Waals surface area contributed by atoms with E-state index in [0.717, 1.165) is 24.4 Å². The fourth-order valence-electron chi connectivity index (χ4n) is 2.75. The Balaban J connectivity index is 1.69. The molecule has 6 nitrogen and oxygen atoms in total. The van der Waals surface area contributed by atoms with Crippen LogP contribution in [0.1, 0.15) is 44.0 Å². The van der Waals surface area contributed by atoms with Crippen LogP contribution in [0, 0.1) is 0 Å². The van der Waals surface area contributed by atoms with Crippen LogP contribution in [0.5, 0.6) is 11.5 Å². The number of nitrogens with one attached hydrogen (secondary N) is 2. The molecule has 0 aliphatic rings. The van der Waals surface area contributed by atoms with Gasteiger partial charge < -0.3 is 20.1 Å². The smallest absolute Gasteiger partial charge is 0.251 e. The Morgan fingerprint density at radius 1 is 1.00 bits per heavy atom. The summed E-state index contributed by atoms with van der Waals surface area (Å²) in [5, 5.41) is 6.04. The second-order valence-electron chi connectivity index (χ2n) is 7.47. The van der Waals surface area contributed by atoms with E-state index in [1.807, 2.05) is 24.3 Å². The van der Waals surface area contributed by atoms with Crippen molar-refractivity contribution in [2.75, 3.05) is 32.1 Å². The van der Waals surface area contributed by atoms with Gasteiger partial charge in [-0.25, -0.2) is 4.98 Å². The Bertz CT molecular complexity index is 868. The van der Waals surface area contributed by atoms with Gasteiger partial charge in [-0.15, -0.1) is 0 Å². The number of hydrogen-bond acceptors (Lipinski definition) is 5. The topological polar surface area (TPSA) is 72.5 Å². The maximum atomic E-state index is 12.3. The van der Waals surface area contributed by atoms with Gasteiger partial charge in [-0.05, 0) is 76.1 Å². The number of rotatable bonds is 12. The fourth-order valence-corrected chi connectivity index (χ4v) is 2.75. The minimum absolute atomic E-state index is 0.119. The van der Waals surface area contributed by atoms with Crippen LogP contribution in [-0.2, 0) is 0 Å². The van der Waals surface area contributed by atoms with Crippen molar-refractivity contribution in [3.8, 4) is 11.5 Å². The number of allylic oxidation sites excluding steroid dienone is 3. The molecular formula is C25H33N3O3. The van der Waals surface area contributed by atoms with E-state index >= 15 is 0 Å². The molecule has 0 spiro atoms. The first-order chi connectivity index (χ1) is 15.0. The van der Waals surface area contributed by atoms with Crippen molar-refractivity contribution in [2.45, 2.75) is 33.6 Å². The van der Waals surface area contributed by atoms with E-state index < -0.39 is 0 Å². The summed E-state index contributed by atoms with van der Waals surface area (Å²) >= 11 is 0. The quantitative estimate of drug-likeness (QED) is 0.371. The number of amides is 1. The van der Waals surface area contributed by atoms with Gasteiger partial charge in [-0.1, -0.05) is 17.2 Å². The van der Waals surface area contributed by atoms with E-state index in [-0.39, 0.29) is 5.91 Å². The fraction of sp³-hybridized carbons (Fsp3) is 0.360. The molecule has 6 heteroatoms. The maximum Gasteiger partial charge on any atom is 0.251 e. The van der Waals surface area contributed by atoms with Crippen LogP contribution in [0.3, 0.4) is 0 Å². The van der Waals surface area contributed by atoms with Gasteiger partial charge in [-0.2, -0.15) is 0 Å². The van der Waals surface area contributed by atoms with Gasteiger partial charge >= 0.3 is 0 Å². The van der Waals surface area contributed by atoms with Gasteiger partial charge in [0.05, 0.1) is 13.3 Å². The van der Waals surface area contributed by atoms with Crippen LogP contribution >= 0.6 is 0 Å². The minimum Gasteiger partial charge on any atom is -0.495 e. The van der Waals surface area contributed by atoms with Gasteiger partial charge in [0.25, 0.3) is 5.91 Å². The Morgan fingerprint density at radius 2 is 1.74 bits per heavy atom. The summed E-state index contributed by atoms with van der Waals surface area (Å²) in [6.45, 7) is 7.94. The molecule has 0 fully saturated rings. The number of benzene rings is 1. The van der Waals surface area contributed by atoms with Crippen LogP contribution in [0.25, 0.3) is 0 Å². The lowest BCUT2D eigenvalue weighted by Gasteiger charge is -2.09. The van der Waals surface area contributed by atoms with Crippen molar-refractivity contribution in [2.24, 2.45) is 0 Å². The molecule has 0 saturated heterocycles. The molecule has 31 heavy (non-hydrogen) atoms. The van der Waals surface area contributed by atoms with Crippen LogP contribution in [0.2, 0.25) is 0 Å². The standard InChI is InChI=1S/C25H33N3O3/c1-19(2)6-5-7-20(3)14-17-31-22-10-8-21(9-11-22)25(29)27-16-15-26-24-13-12-23(30-4)18-28-24/h6,8-14,18H,5,7,15-17H2,1-4H3,(H,26,28)(H,27,29). The summed E-state index contributed by atoms with van der Waals surface area (Å²) in [5.74, 6) is 2.07. The number of ether oxygens (including phenoxy) is 2. The van der Waals surface area contributed by atoms with E-state index in [9.17, 15) is 4.79 Å². The summed E-state index contributed by atoms with van der Waals surface area (Å²) in [7, 11) is 1.60. The highest BCUT2D eigenvalue weighted by Gasteiger charge is 2.05. The molecular weight excluding hydrogens is 390 g/mol. The monoisotopic (exact) mass is 423 g/mol. The third-order valence-electron chi connectivity index (χ3n) is 4.58. The number of methoxy groups -OCH3 is 1. The lowest BCUT2D eigenvalue weighted by Crippen LogP contribution is -2.28. The van der Waals surface area contributed by atoms with Crippen LogP contribution in [0.15, 0.2) is 65.9 Å². The van der Waals surface area contributed by atoms with Crippen molar-refractivity contribution in [3.05, 3.63) is 71.5 Å². The first kappa shape index (κ1) is 24.0. The molecule has 2 N–H and O–H groups in total. The first-order valence-electron chi connectivity index (χ1n) is 10.5. The highest BCUT2D eigenvalue weighted by atomic mass is 16.5. The molecule has 0 atom stereocenters. The number of pyridine rings is 1. The molecule has 1 aromatic carbocycles. The van der Waals surface area contributed by atoms with Crippen molar-refractivity contribution in [3.63, 3.8) is 0 Å². The number of hydrogen-bond donors (Lipinski definition) is 2. The van der Waals surface area contributed by atoms with Crippen molar-refractivity contribution < 1.29 is 14.3 Å². The van der Waals surface area contributed by atoms with Gasteiger partial charge in [-0.3, -0.25) is 4.79 Å². The zero-order chi connectivity index (χ0) is 22.5. The number of aromatic nitrogens is 1. The molecule has 0 radical (unpaired) electrons. The summed E-state index contributed by atoms with van der Waals surface area (Å²) < 4.78 is 10.8. The second-order valence-corrected chi connectivity index (χ2v) is 7.47. The molecule has 2 aromatic rings. The number of carbonyl (C=O) groups excluding carboxylic acids is 1. The Kier molecular flexibility index (Phi) is 10.1. The predicted molar refractivity (Wildman–Crippen MR) is 126 cm³/mol. The first-order valence-corrected chi connectivity index (χ1v) is 10.5. The van der Waals surface area contributed by atoms with Crippen LogP contribution in [-0.4, -0.2) is 37.7 Å². The van der Waals surface area contributed by atoms with Gasteiger partial charge in [0.1, 0.15) is 23.9 Å². The van der Waals surface area contributed by atoms with Gasteiger partial charge in [0.2, 0.25) is 0 Å². The molecule has 1 heterocycles. The van der Waals surface area contributed by atoms with Crippen LogP contribution in [0.4, 0.5) is 5.82 Å². The Morgan fingerprint density at radius 3 is 2.39 bits per heavy atom. The third-order valence-corrected chi connectivity index (χ3v) is 4.58.